The second kappa shape index (κ2) is 5.17. The van der Waals surface area contributed by atoms with Gasteiger partial charge in [0.2, 0.25) is 0 Å². The van der Waals surface area contributed by atoms with Crippen LogP contribution in [-0.4, -0.2) is 17.3 Å². The Kier molecular flexibility index (Phi) is 4.15. The number of ether oxygens (including phenoxy) is 1. The summed E-state index contributed by atoms with van der Waals surface area (Å²) in [5, 5.41) is 8.71. The van der Waals surface area contributed by atoms with Crippen molar-refractivity contribution in [2.75, 3.05) is 6.61 Å². The Morgan fingerprint density at radius 1 is 1.13 bits per heavy atom. The van der Waals surface area contributed by atoms with E-state index in [1.807, 2.05) is 32.9 Å². The Morgan fingerprint density at radius 2 is 1.73 bits per heavy atom. The fourth-order valence-electron chi connectivity index (χ4n) is 1.36. The molecule has 0 radical (unpaired) electrons. The fraction of sp³-hybridized carbons (Fsp3) is 0.538. The molecule has 0 saturated carbocycles. The molecule has 1 N–H and O–H groups in total. The Hall–Kier alpha value is -1.02. The van der Waals surface area contributed by atoms with Crippen molar-refractivity contribution >= 4 is 0 Å². The highest BCUT2D eigenvalue weighted by molar-refractivity contribution is 5.27. The maximum absolute atomic E-state index is 8.71. The molecule has 1 aromatic rings. The average molecular weight is 208 g/mol. The Morgan fingerprint density at radius 3 is 2.20 bits per heavy atom. The van der Waals surface area contributed by atoms with Crippen molar-refractivity contribution in [2.45, 2.75) is 39.2 Å². The molecule has 0 atom stereocenters. The van der Waals surface area contributed by atoms with Gasteiger partial charge in [-0.15, -0.1) is 0 Å². The first-order chi connectivity index (χ1) is 7.01. The van der Waals surface area contributed by atoms with Crippen LogP contribution in [-0.2, 0) is 6.42 Å². The molecule has 0 aliphatic heterocycles. The lowest BCUT2D eigenvalue weighted by Gasteiger charge is -2.21. The maximum Gasteiger partial charge on any atom is 0.120 e. The third-order valence-electron chi connectivity index (χ3n) is 1.97. The third-order valence-corrected chi connectivity index (χ3v) is 1.97. The van der Waals surface area contributed by atoms with E-state index in [0.717, 1.165) is 18.6 Å². The van der Waals surface area contributed by atoms with Crippen LogP contribution in [0.3, 0.4) is 0 Å². The van der Waals surface area contributed by atoms with E-state index in [0.29, 0.717) is 0 Å². The van der Waals surface area contributed by atoms with Crippen molar-refractivity contribution in [1.29, 1.82) is 0 Å². The number of hydrogen-bond acceptors (Lipinski definition) is 2. The fourth-order valence-corrected chi connectivity index (χ4v) is 1.36. The van der Waals surface area contributed by atoms with Gasteiger partial charge in [0.1, 0.15) is 11.4 Å². The van der Waals surface area contributed by atoms with Crippen molar-refractivity contribution in [3.8, 4) is 5.75 Å². The maximum atomic E-state index is 8.71. The van der Waals surface area contributed by atoms with Crippen LogP contribution < -0.4 is 4.74 Å². The van der Waals surface area contributed by atoms with Crippen LogP contribution in [0.25, 0.3) is 0 Å². The van der Waals surface area contributed by atoms with E-state index in [2.05, 4.69) is 12.1 Å². The molecular formula is C13H20O2. The molecule has 1 aromatic carbocycles. The summed E-state index contributed by atoms with van der Waals surface area (Å²) in [6.45, 7) is 6.35. The van der Waals surface area contributed by atoms with Gasteiger partial charge in [0, 0.05) is 6.61 Å². The van der Waals surface area contributed by atoms with Gasteiger partial charge < -0.3 is 9.84 Å². The zero-order valence-corrected chi connectivity index (χ0v) is 9.79. The second-order valence-electron chi connectivity index (χ2n) is 4.69. The first kappa shape index (κ1) is 12.1. The molecule has 0 aromatic heterocycles. The molecule has 0 aliphatic carbocycles. The molecule has 0 unspecified atom stereocenters. The summed E-state index contributed by atoms with van der Waals surface area (Å²) in [5.41, 5.74) is 1.09. The summed E-state index contributed by atoms with van der Waals surface area (Å²) in [6, 6.07) is 8.07. The molecule has 2 heteroatoms. The summed E-state index contributed by atoms with van der Waals surface area (Å²) in [4.78, 5) is 0. The molecule has 0 amide bonds. The SMILES string of the molecule is CC(C)(C)Oc1ccc(CCCO)cc1. The first-order valence-corrected chi connectivity index (χ1v) is 5.40. The molecule has 0 heterocycles. The van der Waals surface area contributed by atoms with Gasteiger partial charge in [-0.3, -0.25) is 0 Å². The van der Waals surface area contributed by atoms with Gasteiger partial charge in [-0.1, -0.05) is 12.1 Å². The minimum atomic E-state index is -0.146. The molecular weight excluding hydrogens is 188 g/mol. The molecule has 1 rings (SSSR count). The summed E-state index contributed by atoms with van der Waals surface area (Å²) >= 11 is 0. The Bertz CT molecular complexity index is 282. The van der Waals surface area contributed by atoms with E-state index in [4.69, 9.17) is 9.84 Å². The van der Waals surface area contributed by atoms with Gasteiger partial charge in [-0.2, -0.15) is 0 Å². The highest BCUT2D eigenvalue weighted by Crippen LogP contribution is 2.18. The third kappa shape index (κ3) is 4.84. The van der Waals surface area contributed by atoms with Crippen molar-refractivity contribution < 1.29 is 9.84 Å². The highest BCUT2D eigenvalue weighted by atomic mass is 16.5. The summed E-state index contributed by atoms with van der Waals surface area (Å²) in [5.74, 6) is 0.898. The topological polar surface area (TPSA) is 29.5 Å². The second-order valence-corrected chi connectivity index (χ2v) is 4.69. The van der Waals surface area contributed by atoms with E-state index in [9.17, 15) is 0 Å². The number of aliphatic hydroxyl groups is 1. The Balaban J connectivity index is 2.56. The zero-order valence-electron chi connectivity index (χ0n) is 9.79. The predicted octanol–water partition coefficient (Wildman–Crippen LogP) is 2.79. The standard InChI is InChI=1S/C13H20O2/c1-13(2,3)15-12-8-6-11(7-9-12)5-4-10-14/h6-9,14H,4-5,10H2,1-3H3. The highest BCUT2D eigenvalue weighted by Gasteiger charge is 2.11. The van der Waals surface area contributed by atoms with Crippen LogP contribution in [0.2, 0.25) is 0 Å². The smallest absolute Gasteiger partial charge is 0.120 e. The minimum Gasteiger partial charge on any atom is -0.488 e. The summed E-state index contributed by atoms with van der Waals surface area (Å²) < 4.78 is 5.71. The van der Waals surface area contributed by atoms with Gasteiger partial charge in [0.05, 0.1) is 0 Å². The van der Waals surface area contributed by atoms with Crippen LogP contribution in [0.15, 0.2) is 24.3 Å². The number of benzene rings is 1. The van der Waals surface area contributed by atoms with Gasteiger partial charge in [0.15, 0.2) is 0 Å². The van der Waals surface area contributed by atoms with Crippen LogP contribution in [0, 0.1) is 0 Å². The van der Waals surface area contributed by atoms with E-state index in [1.54, 1.807) is 0 Å². The molecule has 0 bridgehead atoms. The predicted molar refractivity (Wildman–Crippen MR) is 62.2 cm³/mol. The molecule has 0 aliphatic rings. The van der Waals surface area contributed by atoms with Crippen LogP contribution >= 0.6 is 0 Å². The lowest BCUT2D eigenvalue weighted by molar-refractivity contribution is 0.131. The average Bonchev–Trinajstić information content (AvgIpc) is 2.14. The lowest BCUT2D eigenvalue weighted by Crippen LogP contribution is -2.22. The van der Waals surface area contributed by atoms with E-state index >= 15 is 0 Å². The molecule has 84 valence electrons. The van der Waals surface area contributed by atoms with Crippen molar-refractivity contribution in [3.63, 3.8) is 0 Å². The molecule has 0 saturated heterocycles. The first-order valence-electron chi connectivity index (χ1n) is 5.40. The van der Waals surface area contributed by atoms with Crippen molar-refractivity contribution in [3.05, 3.63) is 29.8 Å². The van der Waals surface area contributed by atoms with Gasteiger partial charge in [-0.05, 0) is 51.3 Å². The van der Waals surface area contributed by atoms with E-state index < -0.39 is 0 Å². The normalized spacial score (nSPS) is 11.5. The van der Waals surface area contributed by atoms with Crippen LogP contribution in [0.4, 0.5) is 0 Å². The number of aryl methyl sites for hydroxylation is 1. The molecule has 2 nitrogen and oxygen atoms in total. The zero-order chi connectivity index (χ0) is 11.3. The lowest BCUT2D eigenvalue weighted by atomic mass is 10.1. The summed E-state index contributed by atoms with van der Waals surface area (Å²) in [6.07, 6.45) is 1.74. The van der Waals surface area contributed by atoms with Gasteiger partial charge in [-0.25, -0.2) is 0 Å². The largest absolute Gasteiger partial charge is 0.488 e. The van der Waals surface area contributed by atoms with Crippen LogP contribution in [0.1, 0.15) is 32.8 Å². The van der Waals surface area contributed by atoms with Gasteiger partial charge >= 0.3 is 0 Å². The van der Waals surface area contributed by atoms with Crippen molar-refractivity contribution in [1.82, 2.24) is 0 Å². The number of rotatable bonds is 4. The van der Waals surface area contributed by atoms with Crippen LogP contribution in [0.5, 0.6) is 5.75 Å². The number of aliphatic hydroxyl groups excluding tert-OH is 1. The molecule has 0 spiro atoms. The monoisotopic (exact) mass is 208 g/mol. The van der Waals surface area contributed by atoms with Gasteiger partial charge in [0.25, 0.3) is 0 Å². The quantitative estimate of drug-likeness (QED) is 0.824. The minimum absolute atomic E-state index is 0.146. The Labute approximate surface area is 91.9 Å². The van der Waals surface area contributed by atoms with E-state index in [-0.39, 0.29) is 12.2 Å². The molecule has 15 heavy (non-hydrogen) atoms. The van der Waals surface area contributed by atoms with E-state index in [1.165, 1.54) is 5.56 Å². The number of hydrogen-bond donors (Lipinski definition) is 1. The molecule has 0 fully saturated rings. The van der Waals surface area contributed by atoms with Crippen molar-refractivity contribution in [2.24, 2.45) is 0 Å². The summed E-state index contributed by atoms with van der Waals surface area (Å²) in [7, 11) is 0.